The Bertz CT molecular complexity index is 1200. The van der Waals surface area contributed by atoms with Crippen molar-refractivity contribution in [2.75, 3.05) is 12.3 Å². The number of benzene rings is 1. The minimum absolute atomic E-state index is 0.00423. The molecule has 4 rings (SSSR count). The minimum atomic E-state index is -2.21. The van der Waals surface area contributed by atoms with Crippen LogP contribution in [0.2, 0.25) is 0 Å². The molecule has 10 nitrogen and oxygen atoms in total. The molecule has 0 aliphatic carbocycles. The summed E-state index contributed by atoms with van der Waals surface area (Å²) in [5.74, 6) is -1.11. The summed E-state index contributed by atoms with van der Waals surface area (Å²) >= 11 is 0. The number of fused-ring (bicyclic) bond motifs is 1. The minimum Gasteiger partial charge on any atom is -0.463 e. The highest BCUT2D eigenvalue weighted by atomic mass is 19.1. The number of halogens is 1. The Morgan fingerprint density at radius 3 is 2.68 bits per heavy atom. The van der Waals surface area contributed by atoms with Gasteiger partial charge in [-0.2, -0.15) is 4.98 Å². The van der Waals surface area contributed by atoms with Crippen LogP contribution in [0, 0.1) is 6.92 Å². The molecule has 2 N–H and O–H groups in total. The fourth-order valence-electron chi connectivity index (χ4n) is 4.00. The monoisotopic (exact) mass is 471 g/mol. The number of esters is 2. The zero-order valence-electron chi connectivity index (χ0n) is 19.1. The van der Waals surface area contributed by atoms with Crippen molar-refractivity contribution < 1.29 is 28.2 Å². The van der Waals surface area contributed by atoms with Crippen LogP contribution in [0.5, 0.6) is 0 Å². The summed E-state index contributed by atoms with van der Waals surface area (Å²) in [7, 11) is 0. The first-order valence-electron chi connectivity index (χ1n) is 10.9. The van der Waals surface area contributed by atoms with E-state index in [1.165, 1.54) is 17.8 Å². The molecule has 0 bridgehead atoms. The van der Waals surface area contributed by atoms with Gasteiger partial charge in [0.2, 0.25) is 5.95 Å². The number of hydrogen-bond acceptors (Lipinski definition) is 9. The number of ether oxygens (including phenoxy) is 3. The van der Waals surface area contributed by atoms with Crippen LogP contribution in [-0.2, 0) is 30.2 Å². The molecule has 0 radical (unpaired) electrons. The molecule has 0 unspecified atom stereocenters. The van der Waals surface area contributed by atoms with Gasteiger partial charge in [0.15, 0.2) is 23.6 Å². The lowest BCUT2D eigenvalue weighted by atomic mass is 9.98. The van der Waals surface area contributed by atoms with Crippen LogP contribution < -0.4 is 5.73 Å². The Kier molecular flexibility index (Phi) is 6.47. The lowest BCUT2D eigenvalue weighted by molar-refractivity contribution is -0.160. The summed E-state index contributed by atoms with van der Waals surface area (Å²) < 4.78 is 34.4. The SMILES string of the molecule is CCC(=O)OC[C@H]1O[C@@H](n2cnc3c(C)nc(N)nc32)[C@](C)(F)[C@@H]1OC(=O)Cc1ccccc1. The molecule has 3 heterocycles. The topological polar surface area (TPSA) is 131 Å². The number of aryl methyl sites for hydroxylation is 1. The second-order valence-electron chi connectivity index (χ2n) is 8.28. The number of anilines is 1. The number of carbonyl (C=O) groups is 2. The molecule has 3 aromatic rings. The number of rotatable bonds is 7. The Hall–Kier alpha value is -3.60. The smallest absolute Gasteiger partial charge is 0.310 e. The van der Waals surface area contributed by atoms with Gasteiger partial charge in [0.25, 0.3) is 0 Å². The highest BCUT2D eigenvalue weighted by Crippen LogP contribution is 2.44. The maximum atomic E-state index is 16.3. The van der Waals surface area contributed by atoms with E-state index in [4.69, 9.17) is 19.9 Å². The van der Waals surface area contributed by atoms with E-state index in [-0.39, 0.29) is 31.0 Å². The molecule has 1 aliphatic heterocycles. The van der Waals surface area contributed by atoms with Gasteiger partial charge in [-0.1, -0.05) is 37.3 Å². The number of imidazole rings is 1. The van der Waals surface area contributed by atoms with Crippen LogP contribution in [0.3, 0.4) is 0 Å². The quantitative estimate of drug-likeness (QED) is 0.516. The summed E-state index contributed by atoms with van der Waals surface area (Å²) in [6.07, 6.45) is -2.20. The van der Waals surface area contributed by atoms with Crippen LogP contribution in [-0.4, -0.2) is 55.9 Å². The number of aromatic nitrogens is 4. The van der Waals surface area contributed by atoms with Gasteiger partial charge in [-0.3, -0.25) is 14.2 Å². The van der Waals surface area contributed by atoms with Gasteiger partial charge in [-0.15, -0.1) is 0 Å². The molecule has 0 amide bonds. The fraction of sp³-hybridized carbons (Fsp3) is 0.435. The fourth-order valence-corrected chi connectivity index (χ4v) is 4.00. The van der Waals surface area contributed by atoms with E-state index in [0.29, 0.717) is 11.2 Å². The van der Waals surface area contributed by atoms with Gasteiger partial charge in [0.05, 0.1) is 18.4 Å². The Morgan fingerprint density at radius 1 is 1.24 bits per heavy atom. The van der Waals surface area contributed by atoms with E-state index in [1.54, 1.807) is 38.1 Å². The Balaban J connectivity index is 1.64. The van der Waals surface area contributed by atoms with E-state index in [0.717, 1.165) is 5.56 Å². The van der Waals surface area contributed by atoms with E-state index in [1.807, 2.05) is 6.07 Å². The number of nitrogens with zero attached hydrogens (tertiary/aromatic N) is 4. The van der Waals surface area contributed by atoms with Crippen molar-refractivity contribution in [3.05, 3.63) is 47.9 Å². The van der Waals surface area contributed by atoms with Gasteiger partial charge in [0.1, 0.15) is 18.2 Å². The van der Waals surface area contributed by atoms with E-state index in [2.05, 4.69) is 15.0 Å². The average molecular weight is 471 g/mol. The molecular weight excluding hydrogens is 445 g/mol. The third kappa shape index (κ3) is 4.56. The molecule has 0 saturated carbocycles. The van der Waals surface area contributed by atoms with Gasteiger partial charge in [-0.25, -0.2) is 14.4 Å². The highest BCUT2D eigenvalue weighted by Gasteiger charge is 2.58. The second-order valence-corrected chi connectivity index (χ2v) is 8.28. The lowest BCUT2D eigenvalue weighted by Gasteiger charge is -2.27. The molecule has 1 saturated heterocycles. The van der Waals surface area contributed by atoms with Crippen LogP contribution in [0.1, 0.15) is 37.8 Å². The van der Waals surface area contributed by atoms with Gasteiger partial charge >= 0.3 is 11.9 Å². The van der Waals surface area contributed by atoms with Crippen LogP contribution >= 0.6 is 0 Å². The second kappa shape index (κ2) is 9.34. The average Bonchev–Trinajstić information content (AvgIpc) is 3.31. The third-order valence-corrected chi connectivity index (χ3v) is 5.69. The van der Waals surface area contributed by atoms with Crippen molar-refractivity contribution in [2.45, 2.75) is 57.7 Å². The molecule has 180 valence electrons. The maximum absolute atomic E-state index is 16.3. The first-order valence-corrected chi connectivity index (χ1v) is 10.9. The van der Waals surface area contributed by atoms with Crippen LogP contribution in [0.4, 0.5) is 10.3 Å². The van der Waals surface area contributed by atoms with Crippen molar-refractivity contribution in [3.63, 3.8) is 0 Å². The predicted octanol–water partition coefficient (Wildman–Crippen LogP) is 2.45. The molecule has 4 atom stereocenters. The third-order valence-electron chi connectivity index (χ3n) is 5.69. The summed E-state index contributed by atoms with van der Waals surface area (Å²) in [4.78, 5) is 36.9. The van der Waals surface area contributed by atoms with Crippen molar-refractivity contribution >= 4 is 29.1 Å². The zero-order chi connectivity index (χ0) is 24.5. The number of carbonyl (C=O) groups excluding carboxylic acids is 2. The Labute approximate surface area is 195 Å². The molecule has 11 heteroatoms. The maximum Gasteiger partial charge on any atom is 0.310 e. The summed E-state index contributed by atoms with van der Waals surface area (Å²) in [5, 5.41) is 0. The zero-order valence-corrected chi connectivity index (χ0v) is 19.1. The molecule has 2 aromatic heterocycles. The van der Waals surface area contributed by atoms with Crippen molar-refractivity contribution in [1.29, 1.82) is 0 Å². The Morgan fingerprint density at radius 2 is 1.97 bits per heavy atom. The summed E-state index contributed by atoms with van der Waals surface area (Å²) in [6.45, 7) is 4.34. The number of alkyl halides is 1. The summed E-state index contributed by atoms with van der Waals surface area (Å²) in [5.41, 5.74) is 5.54. The van der Waals surface area contributed by atoms with Gasteiger partial charge in [0, 0.05) is 6.42 Å². The van der Waals surface area contributed by atoms with Crippen LogP contribution in [0.25, 0.3) is 11.2 Å². The lowest BCUT2D eigenvalue weighted by Crippen LogP contribution is -2.44. The first kappa shape index (κ1) is 23.6. The number of nitrogen functional groups attached to an aromatic ring is 1. The molecular formula is C23H26FN5O5. The van der Waals surface area contributed by atoms with E-state index >= 15 is 4.39 Å². The first-order chi connectivity index (χ1) is 16.2. The van der Waals surface area contributed by atoms with Gasteiger partial charge in [-0.05, 0) is 19.4 Å². The predicted molar refractivity (Wildman–Crippen MR) is 119 cm³/mol. The van der Waals surface area contributed by atoms with Crippen molar-refractivity contribution in [2.24, 2.45) is 0 Å². The normalized spacial score (nSPS) is 24.3. The molecule has 0 spiro atoms. The van der Waals surface area contributed by atoms with E-state index in [9.17, 15) is 9.59 Å². The molecule has 1 aromatic carbocycles. The van der Waals surface area contributed by atoms with Crippen LogP contribution in [0.15, 0.2) is 36.7 Å². The number of hydrogen-bond donors (Lipinski definition) is 1. The molecule has 1 aliphatic rings. The van der Waals surface area contributed by atoms with Gasteiger partial charge < -0.3 is 19.9 Å². The number of nitrogens with two attached hydrogens (primary N) is 1. The highest BCUT2D eigenvalue weighted by molar-refractivity contribution is 5.75. The molecule has 34 heavy (non-hydrogen) atoms. The standard InChI is InChI=1S/C23H26FN5O5/c1-4-16(30)32-11-15-19(34-17(31)10-14-8-6-5-7-9-14)23(3,24)21(33-15)29-12-26-18-13(2)27-22(25)28-20(18)29/h5-9,12,15,19,21H,4,10-11H2,1-3H3,(H2,25,27,28)/t15-,19-,21-,23-/m1/s1. The van der Waals surface area contributed by atoms with Crippen molar-refractivity contribution in [1.82, 2.24) is 19.5 Å². The largest absolute Gasteiger partial charge is 0.463 e. The van der Waals surface area contributed by atoms with E-state index < -0.39 is 36.0 Å². The summed E-state index contributed by atoms with van der Waals surface area (Å²) in [6, 6.07) is 8.96. The van der Waals surface area contributed by atoms with Crippen molar-refractivity contribution in [3.8, 4) is 0 Å². The molecule has 1 fully saturated rings.